The molecule has 0 aliphatic carbocycles. The lowest BCUT2D eigenvalue weighted by Crippen LogP contribution is -2.39. The van der Waals surface area contributed by atoms with Gasteiger partial charge in [0.15, 0.2) is 0 Å². The molecule has 0 bridgehead atoms. The van der Waals surface area contributed by atoms with Crippen LogP contribution >= 0.6 is 0 Å². The molecule has 4 nitrogen and oxygen atoms in total. The van der Waals surface area contributed by atoms with E-state index in [1.165, 1.54) is 0 Å². The third kappa shape index (κ3) is 2.66. The quantitative estimate of drug-likeness (QED) is 0.818. The summed E-state index contributed by atoms with van der Waals surface area (Å²) < 4.78 is 48.0. The molecule has 0 atom stereocenters. The molecular formula is C10H11F3N2O2. The Kier molecular flexibility index (Phi) is 3.19. The lowest BCUT2D eigenvalue weighted by molar-refractivity contribution is -0.142. The van der Waals surface area contributed by atoms with E-state index in [0.717, 1.165) is 6.20 Å². The monoisotopic (exact) mass is 248 g/mol. The van der Waals surface area contributed by atoms with Crippen LogP contribution < -0.4 is 4.74 Å². The Labute approximate surface area is 95.8 Å². The summed E-state index contributed by atoms with van der Waals surface area (Å²) in [5, 5.41) is 0. The number of halogens is 3. The molecule has 1 aromatic heterocycles. The minimum atomic E-state index is -4.51. The van der Waals surface area contributed by atoms with Crippen LogP contribution in [-0.2, 0) is 17.3 Å². The molecule has 0 amide bonds. The molecule has 1 fully saturated rings. The molecule has 0 spiro atoms. The molecule has 2 heterocycles. The largest absolute Gasteiger partial charge is 0.469 e. The first-order valence-corrected chi connectivity index (χ1v) is 5.18. The summed E-state index contributed by atoms with van der Waals surface area (Å²) in [7, 11) is 0. The second-order valence-corrected chi connectivity index (χ2v) is 3.63. The fraction of sp³-hybridized carbons (Fsp3) is 0.600. The molecule has 94 valence electrons. The van der Waals surface area contributed by atoms with Crippen LogP contribution in [0.4, 0.5) is 13.2 Å². The van der Waals surface area contributed by atoms with Crippen LogP contribution in [0.3, 0.4) is 0 Å². The summed E-state index contributed by atoms with van der Waals surface area (Å²) in [5.74, 6) is -0.0779. The lowest BCUT2D eigenvalue weighted by atomic mass is 10.3. The molecule has 1 aliphatic heterocycles. The van der Waals surface area contributed by atoms with Gasteiger partial charge in [0.25, 0.3) is 0 Å². The number of alkyl halides is 3. The number of aromatic nitrogens is 2. The van der Waals surface area contributed by atoms with Crippen LogP contribution in [-0.4, -0.2) is 29.3 Å². The number of nitrogens with zero attached hydrogens (tertiary/aromatic N) is 2. The van der Waals surface area contributed by atoms with Gasteiger partial charge in [0, 0.05) is 12.6 Å². The number of ether oxygens (including phenoxy) is 2. The van der Waals surface area contributed by atoms with Crippen molar-refractivity contribution in [3.63, 3.8) is 0 Å². The highest BCUT2D eigenvalue weighted by Crippen LogP contribution is 2.35. The summed E-state index contributed by atoms with van der Waals surface area (Å²) >= 11 is 0. The van der Waals surface area contributed by atoms with E-state index in [2.05, 4.69) is 9.97 Å². The van der Waals surface area contributed by atoms with Crippen molar-refractivity contribution in [1.29, 1.82) is 0 Å². The molecule has 0 saturated carbocycles. The molecule has 0 radical (unpaired) electrons. The van der Waals surface area contributed by atoms with E-state index in [4.69, 9.17) is 9.47 Å². The van der Waals surface area contributed by atoms with Crippen LogP contribution in [0.5, 0.6) is 5.88 Å². The Morgan fingerprint density at radius 2 is 2.18 bits per heavy atom. The van der Waals surface area contributed by atoms with Crippen molar-refractivity contribution in [3.05, 3.63) is 17.6 Å². The molecule has 7 heteroatoms. The van der Waals surface area contributed by atoms with Crippen molar-refractivity contribution >= 4 is 0 Å². The highest BCUT2D eigenvalue weighted by molar-refractivity contribution is 5.27. The van der Waals surface area contributed by atoms with Crippen molar-refractivity contribution < 1.29 is 22.6 Å². The van der Waals surface area contributed by atoms with Crippen LogP contribution in [0, 0.1) is 0 Å². The predicted molar refractivity (Wildman–Crippen MR) is 51.6 cm³/mol. The van der Waals surface area contributed by atoms with Gasteiger partial charge in [-0.1, -0.05) is 6.92 Å². The first-order chi connectivity index (χ1) is 8.00. The maximum absolute atomic E-state index is 12.7. The SMILES string of the molecule is CCc1ncc(C(F)(F)F)c(OC2COC2)n1. The fourth-order valence-electron chi connectivity index (χ4n) is 1.30. The van der Waals surface area contributed by atoms with Crippen LogP contribution in [0.2, 0.25) is 0 Å². The van der Waals surface area contributed by atoms with E-state index in [0.29, 0.717) is 25.5 Å². The third-order valence-corrected chi connectivity index (χ3v) is 2.31. The molecule has 1 aromatic rings. The Balaban J connectivity index is 2.29. The Hall–Kier alpha value is -1.37. The Morgan fingerprint density at radius 3 is 2.65 bits per heavy atom. The summed E-state index contributed by atoms with van der Waals surface area (Å²) in [6.45, 7) is 2.35. The van der Waals surface area contributed by atoms with Gasteiger partial charge in [-0.25, -0.2) is 4.98 Å². The second-order valence-electron chi connectivity index (χ2n) is 3.63. The molecular weight excluding hydrogens is 237 g/mol. The molecule has 0 N–H and O–H groups in total. The van der Waals surface area contributed by atoms with Crippen LogP contribution in [0.25, 0.3) is 0 Å². The van der Waals surface area contributed by atoms with E-state index < -0.39 is 17.6 Å². The van der Waals surface area contributed by atoms with Crippen molar-refractivity contribution in [2.24, 2.45) is 0 Å². The van der Waals surface area contributed by atoms with Crippen molar-refractivity contribution in [1.82, 2.24) is 9.97 Å². The van der Waals surface area contributed by atoms with Gasteiger partial charge in [0.05, 0.1) is 13.2 Å². The zero-order chi connectivity index (χ0) is 12.5. The molecule has 1 aliphatic rings. The lowest BCUT2D eigenvalue weighted by Gasteiger charge is -2.27. The van der Waals surface area contributed by atoms with Gasteiger partial charge in [-0.05, 0) is 0 Å². The van der Waals surface area contributed by atoms with Gasteiger partial charge >= 0.3 is 6.18 Å². The van der Waals surface area contributed by atoms with Crippen molar-refractivity contribution in [3.8, 4) is 5.88 Å². The average Bonchev–Trinajstić information content (AvgIpc) is 2.21. The summed E-state index contributed by atoms with van der Waals surface area (Å²) in [5.41, 5.74) is -0.943. The molecule has 0 unspecified atom stereocenters. The van der Waals surface area contributed by atoms with Crippen LogP contribution in [0.15, 0.2) is 6.20 Å². The van der Waals surface area contributed by atoms with E-state index in [-0.39, 0.29) is 6.10 Å². The molecule has 1 saturated heterocycles. The zero-order valence-corrected chi connectivity index (χ0v) is 9.12. The Bertz CT molecular complexity index is 405. The van der Waals surface area contributed by atoms with Gasteiger partial charge in [-0.15, -0.1) is 0 Å². The highest BCUT2D eigenvalue weighted by Gasteiger charge is 2.37. The van der Waals surface area contributed by atoms with Crippen molar-refractivity contribution in [2.45, 2.75) is 25.6 Å². The summed E-state index contributed by atoms with van der Waals surface area (Å²) in [6, 6.07) is 0. The van der Waals surface area contributed by atoms with Gasteiger partial charge < -0.3 is 9.47 Å². The number of hydrogen-bond donors (Lipinski definition) is 0. The number of hydrogen-bond acceptors (Lipinski definition) is 4. The zero-order valence-electron chi connectivity index (χ0n) is 9.12. The molecule has 2 rings (SSSR count). The van der Waals surface area contributed by atoms with Gasteiger partial charge in [0.1, 0.15) is 17.5 Å². The van der Waals surface area contributed by atoms with E-state index >= 15 is 0 Å². The predicted octanol–water partition coefficient (Wildman–Crippen LogP) is 1.84. The van der Waals surface area contributed by atoms with Crippen molar-refractivity contribution in [2.75, 3.05) is 13.2 Å². The topological polar surface area (TPSA) is 44.2 Å². The minimum absolute atomic E-state index is 0.294. The Morgan fingerprint density at radius 1 is 1.47 bits per heavy atom. The standard InChI is InChI=1S/C10H11F3N2O2/c1-2-8-14-3-7(10(11,12)13)9(15-8)17-6-4-16-5-6/h3,6H,2,4-5H2,1H3. The van der Waals surface area contributed by atoms with E-state index in [9.17, 15) is 13.2 Å². The smallest absolute Gasteiger partial charge is 0.423 e. The van der Waals surface area contributed by atoms with Crippen LogP contribution in [0.1, 0.15) is 18.3 Å². The van der Waals surface area contributed by atoms with E-state index in [1.54, 1.807) is 6.92 Å². The average molecular weight is 248 g/mol. The highest BCUT2D eigenvalue weighted by atomic mass is 19.4. The van der Waals surface area contributed by atoms with Gasteiger partial charge in [-0.2, -0.15) is 18.2 Å². The van der Waals surface area contributed by atoms with E-state index in [1.807, 2.05) is 0 Å². The minimum Gasteiger partial charge on any atom is -0.469 e. The van der Waals surface area contributed by atoms with Gasteiger partial charge in [-0.3, -0.25) is 0 Å². The first kappa shape index (κ1) is 12.1. The summed E-state index contributed by atoms with van der Waals surface area (Å²) in [6.07, 6.45) is -3.64. The third-order valence-electron chi connectivity index (χ3n) is 2.31. The second kappa shape index (κ2) is 4.48. The molecule has 0 aromatic carbocycles. The molecule has 17 heavy (non-hydrogen) atoms. The number of rotatable bonds is 3. The maximum Gasteiger partial charge on any atom is 0.423 e. The number of aryl methyl sites for hydroxylation is 1. The summed E-state index contributed by atoms with van der Waals surface area (Å²) in [4.78, 5) is 7.40. The normalized spacial score (nSPS) is 16.7. The maximum atomic E-state index is 12.7. The van der Waals surface area contributed by atoms with Gasteiger partial charge in [0.2, 0.25) is 5.88 Å². The first-order valence-electron chi connectivity index (χ1n) is 5.18. The fourth-order valence-corrected chi connectivity index (χ4v) is 1.30.